The number of ketones is 1. The molecule has 4 rings (SSSR count). The van der Waals surface area contributed by atoms with Gasteiger partial charge in [0.1, 0.15) is 0 Å². The summed E-state index contributed by atoms with van der Waals surface area (Å²) in [7, 11) is 1.61. The van der Waals surface area contributed by atoms with E-state index in [1.807, 2.05) is 4.90 Å². The van der Waals surface area contributed by atoms with Gasteiger partial charge in [-0.2, -0.15) is 0 Å². The number of hydrogen-bond donors (Lipinski definition) is 0. The normalized spacial score (nSPS) is 19.7. The first-order chi connectivity index (χ1) is 13.4. The lowest BCUT2D eigenvalue weighted by Crippen LogP contribution is -2.46. The van der Waals surface area contributed by atoms with E-state index in [0.29, 0.717) is 16.9 Å². The lowest BCUT2D eigenvalue weighted by molar-refractivity contribution is -0.747. The third kappa shape index (κ3) is 3.18. The summed E-state index contributed by atoms with van der Waals surface area (Å²) in [6.07, 6.45) is 1.87. The fourth-order valence-electron chi connectivity index (χ4n) is 3.56. The van der Waals surface area contributed by atoms with Crippen molar-refractivity contribution in [2.45, 2.75) is 44.8 Å². The summed E-state index contributed by atoms with van der Waals surface area (Å²) in [5.74, 6) is -1.24. The van der Waals surface area contributed by atoms with Crippen molar-refractivity contribution in [2.75, 3.05) is 4.90 Å². The van der Waals surface area contributed by atoms with Gasteiger partial charge in [0.05, 0.1) is 30.0 Å². The van der Waals surface area contributed by atoms with Gasteiger partial charge in [0.2, 0.25) is 11.6 Å². The summed E-state index contributed by atoms with van der Waals surface area (Å²) in [6, 6.07) is 5.92. The number of aryl methyl sites for hydroxylation is 1. The molecule has 1 saturated carbocycles. The Kier molecular flexibility index (Phi) is 4.46. The lowest BCUT2D eigenvalue weighted by atomic mass is 10.1. The van der Waals surface area contributed by atoms with E-state index in [-0.39, 0.29) is 36.6 Å². The van der Waals surface area contributed by atoms with Crippen LogP contribution in [0.25, 0.3) is 0 Å². The summed E-state index contributed by atoms with van der Waals surface area (Å²) >= 11 is 0. The van der Waals surface area contributed by atoms with E-state index in [9.17, 15) is 19.5 Å². The van der Waals surface area contributed by atoms with Gasteiger partial charge >= 0.3 is 0 Å². The molecule has 2 fully saturated rings. The van der Waals surface area contributed by atoms with Crippen LogP contribution in [-0.4, -0.2) is 39.9 Å². The second kappa shape index (κ2) is 6.83. The second-order valence-corrected chi connectivity index (χ2v) is 7.22. The zero-order chi connectivity index (χ0) is 20.0. The van der Waals surface area contributed by atoms with Crippen molar-refractivity contribution in [1.29, 1.82) is 0 Å². The topological polar surface area (TPSA) is 111 Å². The van der Waals surface area contributed by atoms with Crippen molar-refractivity contribution in [3.8, 4) is 5.95 Å². The standard InChI is InChI=1S/C19H20N4O5/c1-11(24)12-3-5-14(6-4-12)23-17(25)9-15(18(23)26)22(13-7-8-13)10-16-19(27)28-20-21(16)2/h3-6,13,15H,7-10H2,1-2H3. The van der Waals surface area contributed by atoms with E-state index in [4.69, 9.17) is 0 Å². The molecule has 1 saturated heterocycles. The van der Waals surface area contributed by atoms with E-state index in [1.54, 1.807) is 31.3 Å². The van der Waals surface area contributed by atoms with Crippen molar-refractivity contribution in [1.82, 2.24) is 10.2 Å². The van der Waals surface area contributed by atoms with E-state index in [0.717, 1.165) is 17.7 Å². The maximum Gasteiger partial charge on any atom is 0.251 e. The Bertz CT molecular complexity index is 928. The molecule has 0 radical (unpaired) electrons. The molecule has 1 aliphatic carbocycles. The molecule has 2 aliphatic rings. The van der Waals surface area contributed by atoms with Crippen LogP contribution in [0.15, 0.2) is 28.8 Å². The summed E-state index contributed by atoms with van der Waals surface area (Å²) in [4.78, 5) is 40.2. The highest BCUT2D eigenvalue weighted by Crippen LogP contribution is 2.35. The molecule has 0 bridgehead atoms. The van der Waals surface area contributed by atoms with Gasteiger partial charge in [0.25, 0.3) is 5.91 Å². The van der Waals surface area contributed by atoms with Crippen molar-refractivity contribution < 1.29 is 28.7 Å². The highest BCUT2D eigenvalue weighted by atomic mass is 16.6. The van der Waals surface area contributed by atoms with Gasteiger partial charge in [0, 0.05) is 11.6 Å². The summed E-state index contributed by atoms with van der Waals surface area (Å²) in [6.45, 7) is 1.66. The van der Waals surface area contributed by atoms with E-state index >= 15 is 0 Å². The average Bonchev–Trinajstić information content (AvgIpc) is 3.40. The minimum atomic E-state index is -0.637. The predicted molar refractivity (Wildman–Crippen MR) is 93.0 cm³/mol. The van der Waals surface area contributed by atoms with Crippen LogP contribution in [0.2, 0.25) is 0 Å². The first kappa shape index (κ1) is 18.3. The van der Waals surface area contributed by atoms with Crippen LogP contribution in [0.3, 0.4) is 0 Å². The van der Waals surface area contributed by atoms with Crippen LogP contribution in [0.5, 0.6) is 5.95 Å². The molecule has 1 aromatic heterocycles. The molecular formula is C19H20N4O5. The van der Waals surface area contributed by atoms with Crippen molar-refractivity contribution in [3.63, 3.8) is 0 Å². The Labute approximate surface area is 161 Å². The minimum Gasteiger partial charge on any atom is -0.539 e. The van der Waals surface area contributed by atoms with Gasteiger partial charge in [0.15, 0.2) is 18.8 Å². The van der Waals surface area contributed by atoms with E-state index < -0.39 is 12.0 Å². The molecule has 2 heterocycles. The smallest absolute Gasteiger partial charge is 0.251 e. The van der Waals surface area contributed by atoms with Crippen LogP contribution in [-0.2, 0) is 23.2 Å². The number of aromatic nitrogens is 2. The third-order valence-corrected chi connectivity index (χ3v) is 5.28. The maximum atomic E-state index is 13.1. The van der Waals surface area contributed by atoms with Crippen LogP contribution < -0.4 is 14.7 Å². The molecule has 28 heavy (non-hydrogen) atoms. The summed E-state index contributed by atoms with van der Waals surface area (Å²) in [5, 5.41) is 15.5. The highest BCUT2D eigenvalue weighted by Gasteiger charge is 2.47. The third-order valence-electron chi connectivity index (χ3n) is 5.28. The van der Waals surface area contributed by atoms with E-state index in [1.165, 1.54) is 11.6 Å². The van der Waals surface area contributed by atoms with Crippen LogP contribution >= 0.6 is 0 Å². The monoisotopic (exact) mass is 384 g/mol. The number of anilines is 1. The number of amides is 2. The number of Topliss-reactive ketones (excluding diaryl/α,β-unsaturated/α-hetero) is 1. The van der Waals surface area contributed by atoms with Gasteiger partial charge in [-0.1, -0.05) is 4.68 Å². The number of benzene rings is 1. The molecule has 1 unspecified atom stereocenters. The molecule has 1 aromatic carbocycles. The largest absolute Gasteiger partial charge is 0.539 e. The number of carbonyl (C=O) groups is 3. The average molecular weight is 384 g/mol. The number of carbonyl (C=O) groups excluding carboxylic acids is 3. The van der Waals surface area contributed by atoms with Gasteiger partial charge in [-0.3, -0.25) is 19.3 Å². The number of hydrogen-bond acceptors (Lipinski definition) is 7. The van der Waals surface area contributed by atoms with Gasteiger partial charge in [-0.05, 0) is 44.0 Å². The SMILES string of the molecule is CC(=O)c1ccc(N2C(=O)CC(N(Cc3c([O-])on[n+]3C)C3CC3)C2=O)cc1. The minimum absolute atomic E-state index is 0.0486. The molecule has 1 atom stereocenters. The van der Waals surface area contributed by atoms with Crippen LogP contribution in [0.4, 0.5) is 5.69 Å². The Morgan fingerprint density at radius 1 is 1.32 bits per heavy atom. The molecule has 0 spiro atoms. The number of imide groups is 1. The lowest BCUT2D eigenvalue weighted by Gasteiger charge is -2.25. The molecule has 1 aliphatic heterocycles. The predicted octanol–water partition coefficient (Wildman–Crippen LogP) is 0.0718. The molecular weight excluding hydrogens is 364 g/mol. The Hall–Kier alpha value is -3.07. The molecule has 9 heteroatoms. The fourth-order valence-corrected chi connectivity index (χ4v) is 3.56. The van der Waals surface area contributed by atoms with Crippen LogP contribution in [0.1, 0.15) is 42.2 Å². The Morgan fingerprint density at radius 3 is 2.54 bits per heavy atom. The van der Waals surface area contributed by atoms with Crippen molar-refractivity contribution >= 4 is 23.3 Å². The molecule has 2 aromatic rings. The highest BCUT2D eigenvalue weighted by molar-refractivity contribution is 6.22. The first-order valence-corrected chi connectivity index (χ1v) is 9.12. The molecule has 2 amide bonds. The number of nitrogens with zero attached hydrogens (tertiary/aromatic N) is 4. The molecule has 0 N–H and O–H groups in total. The molecule has 9 nitrogen and oxygen atoms in total. The van der Waals surface area contributed by atoms with Gasteiger partial charge < -0.3 is 9.63 Å². The van der Waals surface area contributed by atoms with Crippen LogP contribution in [0, 0.1) is 0 Å². The summed E-state index contributed by atoms with van der Waals surface area (Å²) < 4.78 is 6.03. The Morgan fingerprint density at radius 2 is 2.00 bits per heavy atom. The summed E-state index contributed by atoms with van der Waals surface area (Å²) in [5.41, 5.74) is 1.30. The van der Waals surface area contributed by atoms with Gasteiger partial charge in [-0.15, -0.1) is 0 Å². The van der Waals surface area contributed by atoms with Crippen molar-refractivity contribution in [3.05, 3.63) is 35.5 Å². The number of rotatable bonds is 6. The zero-order valence-electron chi connectivity index (χ0n) is 15.6. The second-order valence-electron chi connectivity index (χ2n) is 7.22. The zero-order valence-corrected chi connectivity index (χ0v) is 15.6. The quantitative estimate of drug-likeness (QED) is 0.394. The fraction of sp³-hybridized carbons (Fsp3) is 0.421. The van der Waals surface area contributed by atoms with E-state index in [2.05, 4.69) is 9.79 Å². The Balaban J connectivity index is 1.59. The first-order valence-electron chi connectivity index (χ1n) is 9.12. The molecule has 146 valence electrons. The maximum absolute atomic E-state index is 13.1. The van der Waals surface area contributed by atoms with Gasteiger partial charge in [-0.25, -0.2) is 4.90 Å². The van der Waals surface area contributed by atoms with Crippen molar-refractivity contribution in [2.24, 2.45) is 7.05 Å².